The van der Waals surface area contributed by atoms with Crippen molar-refractivity contribution in [3.63, 3.8) is 0 Å². The molecular weight excluding hydrogens is 510 g/mol. The van der Waals surface area contributed by atoms with Gasteiger partial charge in [-0.25, -0.2) is 0 Å². The van der Waals surface area contributed by atoms with Crippen LogP contribution in [0.15, 0.2) is 80.3 Å². The van der Waals surface area contributed by atoms with Gasteiger partial charge < -0.3 is 23.5 Å². The van der Waals surface area contributed by atoms with Crippen molar-refractivity contribution in [3.05, 3.63) is 93.9 Å². The normalized spacial score (nSPS) is 13.7. The number of rotatable bonds is 7. The first-order chi connectivity index (χ1) is 17.1. The Labute approximate surface area is 212 Å². The van der Waals surface area contributed by atoms with E-state index in [0.29, 0.717) is 56.6 Å². The van der Waals surface area contributed by atoms with Gasteiger partial charge in [-0.3, -0.25) is 4.79 Å². The number of hydrogen-bond acceptors (Lipinski definition) is 6. The zero-order valence-electron chi connectivity index (χ0n) is 19.4. The van der Waals surface area contributed by atoms with E-state index in [1.165, 1.54) is 0 Å². The topological polar surface area (TPSA) is 72.0 Å². The number of amides is 1. The summed E-state index contributed by atoms with van der Waals surface area (Å²) in [5.74, 6) is 1.28. The minimum Gasteiger partial charge on any atom is -0.467 e. The van der Waals surface area contributed by atoms with E-state index in [2.05, 4.69) is 32.1 Å². The lowest BCUT2D eigenvalue weighted by molar-refractivity contribution is 0.0717. The number of benzene rings is 2. The Morgan fingerprint density at radius 3 is 2.63 bits per heavy atom. The molecule has 180 valence electrons. The summed E-state index contributed by atoms with van der Waals surface area (Å²) in [4.78, 5) is 17.6. The third kappa shape index (κ3) is 5.33. The maximum Gasteiger partial charge on any atom is 0.254 e. The van der Waals surface area contributed by atoms with Crippen LogP contribution in [0, 0.1) is 6.92 Å². The number of ether oxygens (including phenoxy) is 1. The number of anilines is 1. The van der Waals surface area contributed by atoms with E-state index in [1.54, 1.807) is 11.2 Å². The van der Waals surface area contributed by atoms with Gasteiger partial charge in [-0.15, -0.1) is 0 Å². The van der Waals surface area contributed by atoms with Gasteiger partial charge >= 0.3 is 0 Å². The summed E-state index contributed by atoms with van der Waals surface area (Å²) < 4.78 is 17.9. The van der Waals surface area contributed by atoms with E-state index in [-0.39, 0.29) is 5.91 Å². The molecule has 0 aliphatic carbocycles. The molecule has 8 heteroatoms. The fourth-order valence-electron chi connectivity index (χ4n) is 4.26. The predicted octanol–water partition coefficient (Wildman–Crippen LogP) is 5.68. The van der Waals surface area contributed by atoms with Crippen molar-refractivity contribution in [2.45, 2.75) is 20.0 Å². The minimum atomic E-state index is -0.105. The summed E-state index contributed by atoms with van der Waals surface area (Å²) in [5, 5.41) is 4.47. The zero-order valence-corrected chi connectivity index (χ0v) is 21.0. The van der Waals surface area contributed by atoms with Crippen LogP contribution in [0.1, 0.15) is 27.2 Å². The van der Waals surface area contributed by atoms with E-state index < -0.39 is 0 Å². The van der Waals surface area contributed by atoms with E-state index in [1.807, 2.05) is 61.5 Å². The molecular formula is C27H26BrN3O4. The fraction of sp³-hybridized carbons (Fsp3) is 0.259. The molecule has 1 aliphatic rings. The van der Waals surface area contributed by atoms with Crippen molar-refractivity contribution < 1.29 is 18.5 Å². The maximum atomic E-state index is 13.7. The molecule has 3 heterocycles. The van der Waals surface area contributed by atoms with Gasteiger partial charge in [0.25, 0.3) is 5.91 Å². The summed E-state index contributed by atoms with van der Waals surface area (Å²) in [5.41, 5.74) is 4.28. The Hall–Kier alpha value is -3.36. The first kappa shape index (κ1) is 23.4. The van der Waals surface area contributed by atoms with Gasteiger partial charge in [0.1, 0.15) is 11.5 Å². The van der Waals surface area contributed by atoms with E-state index in [4.69, 9.17) is 13.7 Å². The quantitative estimate of drug-likeness (QED) is 0.303. The van der Waals surface area contributed by atoms with Crippen LogP contribution in [0.4, 0.5) is 5.88 Å². The van der Waals surface area contributed by atoms with Crippen LogP contribution >= 0.6 is 15.9 Å². The van der Waals surface area contributed by atoms with Crippen molar-refractivity contribution in [3.8, 4) is 11.3 Å². The van der Waals surface area contributed by atoms with Gasteiger partial charge in [-0.1, -0.05) is 50.9 Å². The first-order valence-electron chi connectivity index (χ1n) is 11.5. The monoisotopic (exact) mass is 535 g/mol. The molecule has 7 nitrogen and oxygen atoms in total. The Balaban J connectivity index is 1.56. The fourth-order valence-corrected chi connectivity index (χ4v) is 4.66. The number of nitrogens with zero attached hydrogens (tertiary/aromatic N) is 3. The molecule has 0 atom stereocenters. The van der Waals surface area contributed by atoms with Crippen molar-refractivity contribution in [2.24, 2.45) is 0 Å². The minimum absolute atomic E-state index is 0.105. The molecule has 0 radical (unpaired) electrons. The van der Waals surface area contributed by atoms with Gasteiger partial charge in [-0.2, -0.15) is 0 Å². The van der Waals surface area contributed by atoms with Crippen LogP contribution < -0.4 is 4.90 Å². The lowest BCUT2D eigenvalue weighted by atomic mass is 10.0. The van der Waals surface area contributed by atoms with Crippen LogP contribution in [-0.4, -0.2) is 42.3 Å². The summed E-state index contributed by atoms with van der Waals surface area (Å²) in [6, 6.07) is 19.3. The predicted molar refractivity (Wildman–Crippen MR) is 136 cm³/mol. The molecule has 0 N–H and O–H groups in total. The SMILES string of the molecule is Cc1cccc(-c2noc(N3CCOCC3)c2CN(Cc2ccco2)C(=O)c2cccc(Br)c2)c1. The van der Waals surface area contributed by atoms with E-state index >= 15 is 0 Å². The third-order valence-electron chi connectivity index (χ3n) is 5.99. The molecule has 4 aromatic rings. The second-order valence-corrected chi connectivity index (χ2v) is 9.45. The number of aryl methyl sites for hydroxylation is 1. The lowest BCUT2D eigenvalue weighted by Gasteiger charge is -2.28. The molecule has 5 rings (SSSR count). The number of carbonyl (C=O) groups is 1. The van der Waals surface area contributed by atoms with Crippen LogP contribution in [0.5, 0.6) is 0 Å². The molecule has 0 unspecified atom stereocenters. The molecule has 2 aromatic heterocycles. The Morgan fingerprint density at radius 2 is 1.89 bits per heavy atom. The van der Waals surface area contributed by atoms with E-state index in [0.717, 1.165) is 26.9 Å². The van der Waals surface area contributed by atoms with Crippen LogP contribution in [-0.2, 0) is 17.8 Å². The van der Waals surface area contributed by atoms with Crippen molar-refractivity contribution in [2.75, 3.05) is 31.2 Å². The summed E-state index contributed by atoms with van der Waals surface area (Å²) in [7, 11) is 0. The largest absolute Gasteiger partial charge is 0.467 e. The first-order valence-corrected chi connectivity index (χ1v) is 12.3. The average molecular weight is 536 g/mol. The highest BCUT2D eigenvalue weighted by Gasteiger charge is 2.28. The molecule has 2 aromatic carbocycles. The summed E-state index contributed by atoms with van der Waals surface area (Å²) in [6.07, 6.45) is 1.62. The second-order valence-electron chi connectivity index (χ2n) is 8.53. The molecule has 0 spiro atoms. The lowest BCUT2D eigenvalue weighted by Crippen LogP contribution is -2.37. The molecule has 0 saturated carbocycles. The number of furan rings is 1. The number of carbonyl (C=O) groups excluding carboxylic acids is 1. The standard InChI is InChI=1S/C27H26BrN3O4/c1-19-5-2-6-20(15-19)25-24(27(35-29-25)30-10-13-33-14-11-30)18-31(17-23-9-4-12-34-23)26(32)21-7-3-8-22(28)16-21/h2-9,12,15-16H,10-11,13-14,17-18H2,1H3. The van der Waals surface area contributed by atoms with Crippen molar-refractivity contribution >= 4 is 27.7 Å². The zero-order chi connectivity index (χ0) is 24.2. The molecule has 0 bridgehead atoms. The highest BCUT2D eigenvalue weighted by Crippen LogP contribution is 2.34. The van der Waals surface area contributed by atoms with Gasteiger partial charge in [0.05, 0.1) is 38.1 Å². The van der Waals surface area contributed by atoms with Gasteiger partial charge in [0, 0.05) is 28.7 Å². The summed E-state index contributed by atoms with van der Waals surface area (Å²) >= 11 is 3.48. The molecule has 1 fully saturated rings. The number of aromatic nitrogens is 1. The Bertz CT molecular complexity index is 1300. The van der Waals surface area contributed by atoms with Gasteiger partial charge in [0.2, 0.25) is 5.88 Å². The number of morpholine rings is 1. The van der Waals surface area contributed by atoms with Crippen LogP contribution in [0.2, 0.25) is 0 Å². The Kier molecular flexibility index (Phi) is 7.01. The summed E-state index contributed by atoms with van der Waals surface area (Å²) in [6.45, 7) is 5.32. The highest BCUT2D eigenvalue weighted by atomic mass is 79.9. The van der Waals surface area contributed by atoms with Crippen LogP contribution in [0.3, 0.4) is 0 Å². The Morgan fingerprint density at radius 1 is 1.06 bits per heavy atom. The highest BCUT2D eigenvalue weighted by molar-refractivity contribution is 9.10. The average Bonchev–Trinajstić information content (AvgIpc) is 3.54. The number of halogens is 1. The van der Waals surface area contributed by atoms with E-state index in [9.17, 15) is 4.79 Å². The van der Waals surface area contributed by atoms with Crippen molar-refractivity contribution in [1.29, 1.82) is 0 Å². The maximum absolute atomic E-state index is 13.7. The van der Waals surface area contributed by atoms with Crippen molar-refractivity contribution in [1.82, 2.24) is 10.1 Å². The molecule has 1 saturated heterocycles. The molecule has 35 heavy (non-hydrogen) atoms. The van der Waals surface area contributed by atoms with Gasteiger partial charge in [-0.05, 0) is 43.3 Å². The van der Waals surface area contributed by atoms with Crippen LogP contribution in [0.25, 0.3) is 11.3 Å². The second kappa shape index (κ2) is 10.5. The third-order valence-corrected chi connectivity index (χ3v) is 6.49. The van der Waals surface area contributed by atoms with Gasteiger partial charge in [0.15, 0.2) is 0 Å². The molecule has 1 amide bonds. The molecule has 1 aliphatic heterocycles. The number of hydrogen-bond donors (Lipinski definition) is 0. The smallest absolute Gasteiger partial charge is 0.254 e.